The number of halogens is 2. The topological polar surface area (TPSA) is 30.5 Å². The Hall–Kier alpha value is -1.59. The first kappa shape index (κ1) is 13.4. The SMILES string of the molecule is Fc1ccccc1CNCc1cc(Br)c2c(c1)OCO2. The van der Waals surface area contributed by atoms with E-state index in [0.717, 1.165) is 21.5 Å². The fourth-order valence-corrected chi connectivity index (χ4v) is 2.71. The highest BCUT2D eigenvalue weighted by Crippen LogP contribution is 2.39. The normalized spacial score (nSPS) is 12.7. The first-order chi connectivity index (χ1) is 9.74. The molecule has 1 N–H and O–H groups in total. The Morgan fingerprint density at radius 3 is 2.85 bits per heavy atom. The number of rotatable bonds is 4. The van der Waals surface area contributed by atoms with Crippen LogP contribution >= 0.6 is 15.9 Å². The third-order valence-electron chi connectivity index (χ3n) is 3.09. The fourth-order valence-electron chi connectivity index (χ4n) is 2.11. The molecule has 3 rings (SSSR count). The zero-order valence-corrected chi connectivity index (χ0v) is 12.2. The Morgan fingerprint density at radius 2 is 2.00 bits per heavy atom. The van der Waals surface area contributed by atoms with Gasteiger partial charge in [-0.05, 0) is 39.7 Å². The quantitative estimate of drug-likeness (QED) is 0.924. The summed E-state index contributed by atoms with van der Waals surface area (Å²) < 4.78 is 25.0. The van der Waals surface area contributed by atoms with E-state index in [1.807, 2.05) is 18.2 Å². The molecule has 104 valence electrons. The molecule has 1 aliphatic heterocycles. The van der Waals surface area contributed by atoms with Gasteiger partial charge in [0.05, 0.1) is 4.47 Å². The van der Waals surface area contributed by atoms with Gasteiger partial charge in [-0.3, -0.25) is 0 Å². The molecule has 3 nitrogen and oxygen atoms in total. The molecule has 1 heterocycles. The van der Waals surface area contributed by atoms with E-state index in [4.69, 9.17) is 9.47 Å². The summed E-state index contributed by atoms with van der Waals surface area (Å²) in [6.45, 7) is 1.36. The van der Waals surface area contributed by atoms with Crippen LogP contribution in [0.15, 0.2) is 40.9 Å². The molecule has 0 fully saturated rings. The number of benzene rings is 2. The van der Waals surface area contributed by atoms with E-state index in [2.05, 4.69) is 21.2 Å². The van der Waals surface area contributed by atoms with Gasteiger partial charge in [0.15, 0.2) is 11.5 Å². The van der Waals surface area contributed by atoms with Crippen LogP contribution in [0.1, 0.15) is 11.1 Å². The molecule has 0 spiro atoms. The minimum absolute atomic E-state index is 0.188. The van der Waals surface area contributed by atoms with Crippen LogP contribution in [0.2, 0.25) is 0 Å². The third-order valence-corrected chi connectivity index (χ3v) is 3.68. The van der Waals surface area contributed by atoms with Gasteiger partial charge in [0.25, 0.3) is 0 Å². The van der Waals surface area contributed by atoms with Crippen molar-refractivity contribution >= 4 is 15.9 Å². The molecule has 0 saturated carbocycles. The maximum atomic E-state index is 13.5. The van der Waals surface area contributed by atoms with Crippen LogP contribution in [0.4, 0.5) is 4.39 Å². The summed E-state index contributed by atoms with van der Waals surface area (Å²) in [4.78, 5) is 0. The maximum absolute atomic E-state index is 13.5. The third kappa shape index (κ3) is 2.78. The predicted octanol–water partition coefficient (Wildman–Crippen LogP) is 3.61. The van der Waals surface area contributed by atoms with Crippen molar-refractivity contribution in [1.82, 2.24) is 5.32 Å². The Bertz CT molecular complexity index is 633. The highest BCUT2D eigenvalue weighted by atomic mass is 79.9. The van der Waals surface area contributed by atoms with Crippen LogP contribution in [0.5, 0.6) is 11.5 Å². The van der Waals surface area contributed by atoms with Crippen LogP contribution in [-0.2, 0) is 13.1 Å². The molecule has 5 heteroatoms. The fraction of sp³-hybridized carbons (Fsp3) is 0.200. The van der Waals surface area contributed by atoms with E-state index in [9.17, 15) is 4.39 Å². The molecule has 0 aromatic heterocycles. The van der Waals surface area contributed by atoms with E-state index in [-0.39, 0.29) is 12.6 Å². The molecule has 0 atom stereocenters. The van der Waals surface area contributed by atoms with Gasteiger partial charge in [0.1, 0.15) is 5.82 Å². The van der Waals surface area contributed by atoms with Crippen LogP contribution in [-0.4, -0.2) is 6.79 Å². The zero-order valence-electron chi connectivity index (χ0n) is 10.7. The van der Waals surface area contributed by atoms with Gasteiger partial charge in [0.2, 0.25) is 6.79 Å². The van der Waals surface area contributed by atoms with Crippen LogP contribution < -0.4 is 14.8 Å². The number of hydrogen-bond acceptors (Lipinski definition) is 3. The standard InChI is InChI=1S/C15H13BrFNO2/c16-12-5-10(6-14-15(12)20-9-19-14)7-18-8-11-3-1-2-4-13(11)17/h1-6,18H,7-9H2. The van der Waals surface area contributed by atoms with Crippen LogP contribution in [0.25, 0.3) is 0 Å². The van der Waals surface area contributed by atoms with Crippen molar-refractivity contribution in [1.29, 1.82) is 0 Å². The Balaban J connectivity index is 1.65. The number of nitrogens with one attached hydrogen (secondary N) is 1. The van der Waals surface area contributed by atoms with Crippen molar-refractivity contribution < 1.29 is 13.9 Å². The highest BCUT2D eigenvalue weighted by molar-refractivity contribution is 9.10. The van der Waals surface area contributed by atoms with Crippen molar-refractivity contribution in [3.05, 3.63) is 57.8 Å². The minimum atomic E-state index is -0.188. The maximum Gasteiger partial charge on any atom is 0.231 e. The van der Waals surface area contributed by atoms with Gasteiger partial charge in [-0.15, -0.1) is 0 Å². The molecule has 0 bridgehead atoms. The largest absolute Gasteiger partial charge is 0.454 e. The summed E-state index contributed by atoms with van der Waals surface area (Å²) in [5.74, 6) is 1.29. The first-order valence-electron chi connectivity index (χ1n) is 6.26. The first-order valence-corrected chi connectivity index (χ1v) is 7.05. The molecule has 1 aliphatic rings. The number of fused-ring (bicyclic) bond motifs is 1. The predicted molar refractivity (Wildman–Crippen MR) is 77.2 cm³/mol. The minimum Gasteiger partial charge on any atom is -0.454 e. The van der Waals surface area contributed by atoms with E-state index in [1.54, 1.807) is 12.1 Å². The Morgan fingerprint density at radius 1 is 1.15 bits per heavy atom. The second-order valence-corrected chi connectivity index (χ2v) is 5.36. The summed E-state index contributed by atoms with van der Waals surface area (Å²) >= 11 is 3.45. The van der Waals surface area contributed by atoms with Crippen molar-refractivity contribution in [2.24, 2.45) is 0 Å². The van der Waals surface area contributed by atoms with Gasteiger partial charge in [-0.2, -0.15) is 0 Å². The summed E-state index contributed by atoms with van der Waals surface area (Å²) in [7, 11) is 0. The van der Waals surface area contributed by atoms with Crippen molar-refractivity contribution in [3.63, 3.8) is 0 Å². The van der Waals surface area contributed by atoms with E-state index < -0.39 is 0 Å². The van der Waals surface area contributed by atoms with Gasteiger partial charge in [0, 0.05) is 18.7 Å². The zero-order chi connectivity index (χ0) is 13.9. The molecule has 0 saturated heterocycles. The van der Waals surface area contributed by atoms with Crippen molar-refractivity contribution in [2.45, 2.75) is 13.1 Å². The highest BCUT2D eigenvalue weighted by Gasteiger charge is 2.17. The summed E-state index contributed by atoms with van der Waals surface area (Å²) in [6.07, 6.45) is 0. The van der Waals surface area contributed by atoms with Gasteiger partial charge < -0.3 is 14.8 Å². The lowest BCUT2D eigenvalue weighted by atomic mass is 10.2. The van der Waals surface area contributed by atoms with E-state index in [0.29, 0.717) is 18.7 Å². The molecule has 20 heavy (non-hydrogen) atoms. The molecule has 0 amide bonds. The summed E-state index contributed by atoms with van der Waals surface area (Å²) in [6, 6.07) is 10.7. The Kier molecular flexibility index (Phi) is 3.89. The van der Waals surface area contributed by atoms with Crippen LogP contribution in [0, 0.1) is 5.82 Å². The lowest BCUT2D eigenvalue weighted by Gasteiger charge is -2.08. The average Bonchev–Trinajstić information content (AvgIpc) is 2.90. The molecule has 0 aliphatic carbocycles. The molecule has 2 aromatic carbocycles. The second-order valence-electron chi connectivity index (χ2n) is 4.51. The van der Waals surface area contributed by atoms with Crippen molar-refractivity contribution in [3.8, 4) is 11.5 Å². The second kappa shape index (κ2) is 5.81. The number of hydrogen-bond donors (Lipinski definition) is 1. The summed E-state index contributed by atoms with van der Waals surface area (Å²) in [5.41, 5.74) is 1.71. The average molecular weight is 338 g/mol. The van der Waals surface area contributed by atoms with Gasteiger partial charge in [-0.1, -0.05) is 18.2 Å². The van der Waals surface area contributed by atoms with Crippen LogP contribution in [0.3, 0.4) is 0 Å². The lowest BCUT2D eigenvalue weighted by molar-refractivity contribution is 0.173. The Labute approximate surface area is 124 Å². The monoisotopic (exact) mass is 337 g/mol. The molecular weight excluding hydrogens is 325 g/mol. The smallest absolute Gasteiger partial charge is 0.231 e. The van der Waals surface area contributed by atoms with E-state index >= 15 is 0 Å². The molecule has 0 radical (unpaired) electrons. The molecular formula is C15H13BrFNO2. The van der Waals surface area contributed by atoms with Gasteiger partial charge >= 0.3 is 0 Å². The number of ether oxygens (including phenoxy) is 2. The summed E-state index contributed by atoms with van der Waals surface area (Å²) in [5, 5.41) is 3.22. The van der Waals surface area contributed by atoms with Gasteiger partial charge in [-0.25, -0.2) is 4.39 Å². The molecule has 0 unspecified atom stereocenters. The molecule has 2 aromatic rings. The lowest BCUT2D eigenvalue weighted by Crippen LogP contribution is -2.13. The van der Waals surface area contributed by atoms with E-state index in [1.165, 1.54) is 6.07 Å². The van der Waals surface area contributed by atoms with Crippen molar-refractivity contribution in [2.75, 3.05) is 6.79 Å².